The quantitative estimate of drug-likeness (QED) is 0.871. The van der Waals surface area contributed by atoms with Gasteiger partial charge in [-0.1, -0.05) is 18.2 Å². The van der Waals surface area contributed by atoms with Gasteiger partial charge >= 0.3 is 0 Å². The van der Waals surface area contributed by atoms with Crippen LogP contribution in [0.1, 0.15) is 18.5 Å². The third kappa shape index (κ3) is 3.50. The molecule has 1 fully saturated rings. The van der Waals surface area contributed by atoms with E-state index in [0.717, 1.165) is 11.3 Å². The second kappa shape index (κ2) is 6.56. The standard InChI is InChI=1S/C14H22N2O3S/c1-2-19-14-6-4-3-5-12(14)13(11-15)16-7-9-20(17,18)10-8-16/h3-6,13H,2,7-11,15H2,1H3. The van der Waals surface area contributed by atoms with Gasteiger partial charge in [-0.05, 0) is 13.0 Å². The van der Waals surface area contributed by atoms with E-state index in [4.69, 9.17) is 10.5 Å². The van der Waals surface area contributed by atoms with Crippen LogP contribution in [0.3, 0.4) is 0 Å². The first-order chi connectivity index (χ1) is 9.57. The van der Waals surface area contributed by atoms with Crippen LogP contribution < -0.4 is 10.5 Å². The summed E-state index contributed by atoms with van der Waals surface area (Å²) in [6.07, 6.45) is 0. The minimum Gasteiger partial charge on any atom is -0.494 e. The van der Waals surface area contributed by atoms with Crippen molar-refractivity contribution in [1.82, 2.24) is 4.90 Å². The summed E-state index contributed by atoms with van der Waals surface area (Å²) in [5.74, 6) is 1.25. The summed E-state index contributed by atoms with van der Waals surface area (Å²) in [6.45, 7) is 4.06. The number of hydrogen-bond acceptors (Lipinski definition) is 5. The number of nitrogens with two attached hydrogens (primary N) is 1. The lowest BCUT2D eigenvalue weighted by molar-refractivity contribution is 0.212. The lowest BCUT2D eigenvalue weighted by atomic mass is 10.0. The highest BCUT2D eigenvalue weighted by Gasteiger charge is 2.28. The molecule has 1 unspecified atom stereocenters. The van der Waals surface area contributed by atoms with Crippen molar-refractivity contribution >= 4 is 9.84 Å². The first-order valence-corrected chi connectivity index (χ1v) is 8.76. The van der Waals surface area contributed by atoms with E-state index in [-0.39, 0.29) is 17.5 Å². The molecule has 112 valence electrons. The zero-order valence-corrected chi connectivity index (χ0v) is 12.6. The van der Waals surface area contributed by atoms with E-state index >= 15 is 0 Å². The fraction of sp³-hybridized carbons (Fsp3) is 0.571. The molecule has 1 heterocycles. The smallest absolute Gasteiger partial charge is 0.152 e. The SMILES string of the molecule is CCOc1ccccc1C(CN)N1CCS(=O)(=O)CC1. The Kier molecular flexibility index (Phi) is 5.01. The molecule has 0 spiro atoms. The Labute approximate surface area is 120 Å². The molecule has 0 bridgehead atoms. The molecule has 0 saturated carbocycles. The molecular weight excluding hydrogens is 276 g/mol. The maximum Gasteiger partial charge on any atom is 0.152 e. The summed E-state index contributed by atoms with van der Waals surface area (Å²) >= 11 is 0. The number of nitrogens with zero attached hydrogens (tertiary/aromatic N) is 1. The van der Waals surface area contributed by atoms with E-state index in [1.54, 1.807) is 0 Å². The summed E-state index contributed by atoms with van der Waals surface area (Å²) in [7, 11) is -2.87. The molecule has 0 radical (unpaired) electrons. The van der Waals surface area contributed by atoms with Crippen molar-refractivity contribution in [3.8, 4) is 5.75 Å². The van der Waals surface area contributed by atoms with Gasteiger partial charge < -0.3 is 10.5 Å². The topological polar surface area (TPSA) is 72.6 Å². The average Bonchev–Trinajstić information content (AvgIpc) is 2.43. The van der Waals surface area contributed by atoms with Crippen LogP contribution in [0.5, 0.6) is 5.75 Å². The van der Waals surface area contributed by atoms with Gasteiger partial charge in [-0.15, -0.1) is 0 Å². The molecule has 1 aromatic carbocycles. The molecule has 6 heteroatoms. The van der Waals surface area contributed by atoms with Gasteiger partial charge in [0.25, 0.3) is 0 Å². The Balaban J connectivity index is 2.20. The molecule has 2 rings (SSSR count). The first kappa shape index (κ1) is 15.3. The summed E-state index contributed by atoms with van der Waals surface area (Å²) in [5, 5.41) is 0. The van der Waals surface area contributed by atoms with Crippen molar-refractivity contribution < 1.29 is 13.2 Å². The van der Waals surface area contributed by atoms with Crippen LogP contribution in [-0.4, -0.2) is 51.1 Å². The highest BCUT2D eigenvalue weighted by atomic mass is 32.2. The first-order valence-electron chi connectivity index (χ1n) is 6.93. The van der Waals surface area contributed by atoms with Crippen LogP contribution in [0.2, 0.25) is 0 Å². The van der Waals surface area contributed by atoms with Crippen molar-refractivity contribution in [2.45, 2.75) is 13.0 Å². The predicted octanol–water partition coefficient (Wildman–Crippen LogP) is 0.816. The maximum atomic E-state index is 11.5. The fourth-order valence-electron chi connectivity index (χ4n) is 2.55. The zero-order chi connectivity index (χ0) is 14.6. The minimum absolute atomic E-state index is 0.00764. The summed E-state index contributed by atoms with van der Waals surface area (Å²) in [4.78, 5) is 2.14. The number of hydrogen-bond donors (Lipinski definition) is 1. The highest BCUT2D eigenvalue weighted by molar-refractivity contribution is 7.91. The van der Waals surface area contributed by atoms with Gasteiger partial charge in [0.2, 0.25) is 0 Å². The fourth-order valence-corrected chi connectivity index (χ4v) is 3.78. The summed E-state index contributed by atoms with van der Waals surface area (Å²) in [5.41, 5.74) is 6.96. The molecule has 1 aliphatic rings. The minimum atomic E-state index is -2.87. The number of rotatable bonds is 5. The van der Waals surface area contributed by atoms with Crippen LogP contribution in [0.15, 0.2) is 24.3 Å². The third-order valence-electron chi connectivity index (χ3n) is 3.62. The normalized spacial score (nSPS) is 20.5. The Morgan fingerprint density at radius 3 is 2.55 bits per heavy atom. The molecule has 0 amide bonds. The third-order valence-corrected chi connectivity index (χ3v) is 5.23. The van der Waals surface area contributed by atoms with Crippen molar-refractivity contribution in [3.05, 3.63) is 29.8 Å². The monoisotopic (exact) mass is 298 g/mol. The molecule has 1 aromatic rings. The molecule has 1 saturated heterocycles. The van der Waals surface area contributed by atoms with Gasteiger partial charge in [0.05, 0.1) is 24.2 Å². The largest absolute Gasteiger partial charge is 0.494 e. The molecule has 1 atom stereocenters. The number of ether oxygens (including phenoxy) is 1. The summed E-state index contributed by atoms with van der Waals surface area (Å²) in [6, 6.07) is 7.84. The number of benzene rings is 1. The second-order valence-electron chi connectivity index (χ2n) is 4.91. The highest BCUT2D eigenvalue weighted by Crippen LogP contribution is 2.29. The maximum absolute atomic E-state index is 11.5. The van der Waals surface area contributed by atoms with E-state index in [2.05, 4.69) is 4.90 Å². The van der Waals surface area contributed by atoms with E-state index in [0.29, 0.717) is 26.2 Å². The number of sulfone groups is 1. The van der Waals surface area contributed by atoms with E-state index < -0.39 is 9.84 Å². The second-order valence-corrected chi connectivity index (χ2v) is 7.21. The molecule has 2 N–H and O–H groups in total. The lowest BCUT2D eigenvalue weighted by Crippen LogP contribution is -2.44. The van der Waals surface area contributed by atoms with Crippen molar-refractivity contribution in [1.29, 1.82) is 0 Å². The zero-order valence-electron chi connectivity index (χ0n) is 11.8. The van der Waals surface area contributed by atoms with Crippen LogP contribution >= 0.6 is 0 Å². The number of para-hydroxylation sites is 1. The molecule has 1 aliphatic heterocycles. The van der Waals surface area contributed by atoms with Crippen LogP contribution in [0, 0.1) is 0 Å². The van der Waals surface area contributed by atoms with E-state index in [1.807, 2.05) is 31.2 Å². The Bertz CT molecular complexity index is 531. The Morgan fingerprint density at radius 2 is 1.95 bits per heavy atom. The van der Waals surface area contributed by atoms with Crippen molar-refractivity contribution in [2.24, 2.45) is 5.73 Å². The van der Waals surface area contributed by atoms with Gasteiger partial charge in [-0.2, -0.15) is 0 Å². The predicted molar refractivity (Wildman–Crippen MR) is 79.6 cm³/mol. The molecule has 0 aromatic heterocycles. The molecule has 0 aliphatic carbocycles. The average molecular weight is 298 g/mol. The lowest BCUT2D eigenvalue weighted by Gasteiger charge is -2.34. The van der Waals surface area contributed by atoms with Crippen LogP contribution in [0.4, 0.5) is 0 Å². The Morgan fingerprint density at radius 1 is 1.30 bits per heavy atom. The van der Waals surface area contributed by atoms with E-state index in [1.165, 1.54) is 0 Å². The van der Waals surface area contributed by atoms with Gasteiger partial charge in [0.15, 0.2) is 9.84 Å². The van der Waals surface area contributed by atoms with Gasteiger partial charge in [0.1, 0.15) is 5.75 Å². The van der Waals surface area contributed by atoms with Crippen LogP contribution in [-0.2, 0) is 9.84 Å². The van der Waals surface area contributed by atoms with Gasteiger partial charge in [-0.3, -0.25) is 4.90 Å². The van der Waals surface area contributed by atoms with Crippen LogP contribution in [0.25, 0.3) is 0 Å². The Hall–Kier alpha value is -1.11. The van der Waals surface area contributed by atoms with Crippen molar-refractivity contribution in [3.63, 3.8) is 0 Å². The molecule has 5 nitrogen and oxygen atoms in total. The van der Waals surface area contributed by atoms with Gasteiger partial charge in [0, 0.05) is 25.2 Å². The summed E-state index contributed by atoms with van der Waals surface area (Å²) < 4.78 is 28.7. The molecular formula is C14H22N2O3S. The van der Waals surface area contributed by atoms with E-state index in [9.17, 15) is 8.42 Å². The molecule has 20 heavy (non-hydrogen) atoms. The van der Waals surface area contributed by atoms with Crippen molar-refractivity contribution in [2.75, 3.05) is 37.7 Å². The van der Waals surface area contributed by atoms with Gasteiger partial charge in [-0.25, -0.2) is 8.42 Å².